The summed E-state index contributed by atoms with van der Waals surface area (Å²) in [7, 11) is 1.32. The summed E-state index contributed by atoms with van der Waals surface area (Å²) in [6.45, 7) is 5.62. The van der Waals surface area contributed by atoms with Crippen LogP contribution in [0.3, 0.4) is 0 Å². The summed E-state index contributed by atoms with van der Waals surface area (Å²) in [6, 6.07) is 3.35. The van der Waals surface area contributed by atoms with Crippen molar-refractivity contribution in [3.63, 3.8) is 0 Å². The second-order valence-corrected chi connectivity index (χ2v) is 5.74. The molecular formula is C15H19N3O4. The molecule has 2 rings (SSSR count). The monoisotopic (exact) mass is 305 g/mol. The van der Waals surface area contributed by atoms with Crippen LogP contribution < -0.4 is 5.32 Å². The molecule has 0 saturated heterocycles. The van der Waals surface area contributed by atoms with Gasteiger partial charge in [-0.3, -0.25) is 0 Å². The Labute approximate surface area is 128 Å². The highest BCUT2D eigenvalue weighted by Gasteiger charge is 2.16. The summed E-state index contributed by atoms with van der Waals surface area (Å²) >= 11 is 0. The third kappa shape index (κ3) is 3.75. The largest absolute Gasteiger partial charge is 0.465 e. The van der Waals surface area contributed by atoms with E-state index in [9.17, 15) is 9.59 Å². The van der Waals surface area contributed by atoms with Crippen LogP contribution in [0.15, 0.2) is 24.5 Å². The summed E-state index contributed by atoms with van der Waals surface area (Å²) in [5, 5.41) is 2.66. The fraction of sp³-hybridized carbons (Fsp3) is 0.400. The smallest absolute Gasteiger partial charge is 0.407 e. The molecule has 22 heavy (non-hydrogen) atoms. The van der Waals surface area contributed by atoms with E-state index in [-0.39, 0.29) is 6.54 Å². The Balaban J connectivity index is 2.14. The Hall–Kier alpha value is -2.57. The number of pyridine rings is 1. The first-order valence-electron chi connectivity index (χ1n) is 6.81. The molecule has 2 heterocycles. The second-order valence-electron chi connectivity index (χ2n) is 5.74. The zero-order valence-electron chi connectivity index (χ0n) is 13.0. The van der Waals surface area contributed by atoms with Gasteiger partial charge >= 0.3 is 12.1 Å². The summed E-state index contributed by atoms with van der Waals surface area (Å²) in [4.78, 5) is 27.5. The third-order valence-corrected chi connectivity index (χ3v) is 2.82. The van der Waals surface area contributed by atoms with E-state index in [0.717, 1.165) is 5.69 Å². The van der Waals surface area contributed by atoms with Gasteiger partial charge < -0.3 is 19.2 Å². The highest BCUT2D eigenvalue weighted by molar-refractivity contribution is 5.89. The van der Waals surface area contributed by atoms with Gasteiger partial charge in [0.15, 0.2) is 0 Å². The number of methoxy groups -OCH3 is 1. The lowest BCUT2D eigenvalue weighted by atomic mass is 10.2. The van der Waals surface area contributed by atoms with Gasteiger partial charge in [-0.05, 0) is 32.9 Å². The Morgan fingerprint density at radius 2 is 2.05 bits per heavy atom. The lowest BCUT2D eigenvalue weighted by Crippen LogP contribution is -2.32. The zero-order chi connectivity index (χ0) is 16.3. The maximum Gasteiger partial charge on any atom is 0.407 e. The van der Waals surface area contributed by atoms with Crippen LogP contribution in [0, 0.1) is 0 Å². The van der Waals surface area contributed by atoms with Crippen molar-refractivity contribution < 1.29 is 19.1 Å². The van der Waals surface area contributed by atoms with Crippen LogP contribution in [0.4, 0.5) is 4.79 Å². The van der Waals surface area contributed by atoms with E-state index < -0.39 is 17.7 Å². The number of ether oxygens (including phenoxy) is 2. The molecule has 7 nitrogen and oxygen atoms in total. The van der Waals surface area contributed by atoms with Gasteiger partial charge in [0.25, 0.3) is 0 Å². The van der Waals surface area contributed by atoms with Crippen LogP contribution in [-0.2, 0) is 16.0 Å². The van der Waals surface area contributed by atoms with Crippen LogP contribution in [0.5, 0.6) is 0 Å². The van der Waals surface area contributed by atoms with Crippen molar-refractivity contribution in [2.24, 2.45) is 0 Å². The maximum absolute atomic E-state index is 11.7. The fourth-order valence-electron chi connectivity index (χ4n) is 1.88. The van der Waals surface area contributed by atoms with Crippen molar-refractivity contribution in [3.05, 3.63) is 35.8 Å². The Morgan fingerprint density at radius 1 is 1.32 bits per heavy atom. The molecule has 0 fully saturated rings. The Kier molecular flexibility index (Phi) is 4.35. The Bertz CT molecular complexity index is 700. The van der Waals surface area contributed by atoms with Crippen LogP contribution in [0.25, 0.3) is 5.65 Å². The summed E-state index contributed by atoms with van der Waals surface area (Å²) in [5.74, 6) is -0.429. The van der Waals surface area contributed by atoms with Gasteiger partial charge in [-0.2, -0.15) is 0 Å². The minimum Gasteiger partial charge on any atom is -0.465 e. The number of hydrogen-bond donors (Lipinski definition) is 1. The lowest BCUT2D eigenvalue weighted by molar-refractivity contribution is 0.0521. The molecular weight excluding hydrogens is 286 g/mol. The molecule has 0 atom stereocenters. The van der Waals surface area contributed by atoms with Crippen LogP contribution in [-0.4, -0.2) is 34.2 Å². The summed E-state index contributed by atoms with van der Waals surface area (Å²) in [5.41, 5.74) is 1.26. The molecule has 1 amide bonds. The lowest BCUT2D eigenvalue weighted by Gasteiger charge is -2.19. The van der Waals surface area contributed by atoms with E-state index in [1.54, 1.807) is 49.7 Å². The van der Waals surface area contributed by atoms with E-state index in [4.69, 9.17) is 9.47 Å². The van der Waals surface area contributed by atoms with Gasteiger partial charge in [0, 0.05) is 6.20 Å². The molecule has 0 spiro atoms. The van der Waals surface area contributed by atoms with E-state index in [1.807, 2.05) is 0 Å². The van der Waals surface area contributed by atoms with Crippen molar-refractivity contribution in [1.29, 1.82) is 0 Å². The SMILES string of the molecule is COC(=O)c1ccc2ncc(CNC(=O)OC(C)(C)C)n2c1. The molecule has 0 unspecified atom stereocenters. The van der Waals surface area contributed by atoms with Crippen LogP contribution in [0.1, 0.15) is 36.8 Å². The zero-order valence-corrected chi connectivity index (χ0v) is 13.0. The second kappa shape index (κ2) is 6.05. The molecule has 1 N–H and O–H groups in total. The van der Waals surface area contributed by atoms with E-state index in [1.165, 1.54) is 7.11 Å². The van der Waals surface area contributed by atoms with Gasteiger partial charge in [-0.15, -0.1) is 0 Å². The Morgan fingerprint density at radius 3 is 2.68 bits per heavy atom. The number of aromatic nitrogens is 2. The van der Waals surface area contributed by atoms with Gasteiger partial charge in [0.05, 0.1) is 31.1 Å². The molecule has 0 aromatic carbocycles. The highest BCUT2D eigenvalue weighted by atomic mass is 16.6. The average Bonchev–Trinajstić information content (AvgIpc) is 2.84. The predicted molar refractivity (Wildman–Crippen MR) is 79.6 cm³/mol. The molecule has 0 bridgehead atoms. The number of carbonyl (C=O) groups excluding carboxylic acids is 2. The molecule has 0 aliphatic heterocycles. The molecule has 2 aromatic heterocycles. The van der Waals surface area contributed by atoms with Gasteiger partial charge in [-0.25, -0.2) is 14.6 Å². The summed E-state index contributed by atoms with van der Waals surface area (Å²) in [6.07, 6.45) is 2.75. The number of carbonyl (C=O) groups is 2. The first kappa shape index (κ1) is 15.8. The first-order valence-corrected chi connectivity index (χ1v) is 6.81. The molecule has 0 aliphatic rings. The first-order chi connectivity index (χ1) is 10.3. The number of hydrogen-bond acceptors (Lipinski definition) is 5. The van der Waals surface area contributed by atoms with Crippen molar-refractivity contribution in [3.8, 4) is 0 Å². The number of amides is 1. The molecule has 0 saturated carbocycles. The maximum atomic E-state index is 11.7. The molecule has 7 heteroatoms. The summed E-state index contributed by atoms with van der Waals surface area (Å²) < 4.78 is 11.6. The van der Waals surface area contributed by atoms with Crippen LogP contribution in [0.2, 0.25) is 0 Å². The average molecular weight is 305 g/mol. The van der Waals surface area contributed by atoms with Crippen LogP contribution >= 0.6 is 0 Å². The topological polar surface area (TPSA) is 81.9 Å². The third-order valence-electron chi connectivity index (χ3n) is 2.82. The fourth-order valence-corrected chi connectivity index (χ4v) is 1.88. The number of fused-ring (bicyclic) bond motifs is 1. The quantitative estimate of drug-likeness (QED) is 0.879. The number of nitrogens with one attached hydrogen (secondary N) is 1. The number of imidazole rings is 1. The predicted octanol–water partition coefficient (Wildman–Crippen LogP) is 2.15. The number of alkyl carbamates (subject to hydrolysis) is 1. The van der Waals surface area contributed by atoms with Crippen molar-refractivity contribution in [2.75, 3.05) is 7.11 Å². The normalized spacial score (nSPS) is 11.3. The van der Waals surface area contributed by atoms with E-state index in [2.05, 4.69) is 10.3 Å². The van der Waals surface area contributed by atoms with Gasteiger partial charge in [-0.1, -0.05) is 0 Å². The number of rotatable bonds is 3. The minimum absolute atomic E-state index is 0.237. The standard InChI is InChI=1S/C15H19N3O4/c1-15(2,3)22-14(20)17-8-11-7-16-12-6-5-10(9-18(11)12)13(19)21-4/h5-7,9H,8H2,1-4H3,(H,17,20). The minimum atomic E-state index is -0.554. The number of esters is 1. The van der Waals surface area contributed by atoms with E-state index in [0.29, 0.717) is 11.2 Å². The molecule has 0 radical (unpaired) electrons. The molecule has 2 aromatic rings. The van der Waals surface area contributed by atoms with Crippen molar-refractivity contribution >= 4 is 17.7 Å². The molecule has 118 valence electrons. The molecule has 0 aliphatic carbocycles. The van der Waals surface area contributed by atoms with Crippen molar-refractivity contribution in [1.82, 2.24) is 14.7 Å². The van der Waals surface area contributed by atoms with Crippen molar-refractivity contribution in [2.45, 2.75) is 32.9 Å². The highest BCUT2D eigenvalue weighted by Crippen LogP contribution is 2.11. The van der Waals surface area contributed by atoms with Gasteiger partial charge in [0.1, 0.15) is 11.2 Å². The van der Waals surface area contributed by atoms with Gasteiger partial charge in [0.2, 0.25) is 0 Å². The van der Waals surface area contributed by atoms with E-state index >= 15 is 0 Å². The number of nitrogens with zero attached hydrogens (tertiary/aromatic N) is 2.